The van der Waals surface area contributed by atoms with Crippen LogP contribution in [0.2, 0.25) is 0 Å². The average molecular weight is 331 g/mol. The fraction of sp³-hybridized carbons (Fsp3) is 0.190. The quantitative estimate of drug-likeness (QED) is 0.770. The number of nitrogens with two attached hydrogens (primary N) is 1. The molecule has 0 saturated carbocycles. The number of hydrogen-bond donors (Lipinski definition) is 1. The van der Waals surface area contributed by atoms with Crippen LogP contribution in [0, 0.1) is 0 Å². The van der Waals surface area contributed by atoms with Gasteiger partial charge in [-0.3, -0.25) is 9.88 Å². The summed E-state index contributed by atoms with van der Waals surface area (Å²) >= 11 is 0. The van der Waals surface area contributed by atoms with E-state index in [1.165, 1.54) is 16.7 Å². The molecule has 0 fully saturated rings. The number of benzene rings is 2. The van der Waals surface area contributed by atoms with Gasteiger partial charge in [0, 0.05) is 38.1 Å². The van der Waals surface area contributed by atoms with Gasteiger partial charge in [-0.15, -0.1) is 0 Å². The van der Waals surface area contributed by atoms with Crippen molar-refractivity contribution in [2.24, 2.45) is 5.73 Å². The molecule has 0 amide bonds. The Hall–Kier alpha value is -2.69. The van der Waals surface area contributed by atoms with Crippen LogP contribution in [0.3, 0.4) is 0 Å². The number of pyridine rings is 1. The molecule has 4 nitrogen and oxygen atoms in total. The molecular weight excluding hydrogens is 310 g/mol. The highest BCUT2D eigenvalue weighted by Gasteiger charge is 2.29. The van der Waals surface area contributed by atoms with Gasteiger partial charge in [-0.25, -0.2) is 0 Å². The molecule has 25 heavy (non-hydrogen) atoms. The zero-order valence-electron chi connectivity index (χ0n) is 14.0. The van der Waals surface area contributed by atoms with Crippen LogP contribution in [0.4, 0.5) is 0 Å². The van der Waals surface area contributed by atoms with E-state index in [0.717, 1.165) is 24.6 Å². The molecule has 2 N–H and O–H groups in total. The highest BCUT2D eigenvalue weighted by Crippen LogP contribution is 2.37. The largest absolute Gasteiger partial charge is 0.457 e. The number of fused-ring (bicyclic) bond motifs is 1. The summed E-state index contributed by atoms with van der Waals surface area (Å²) in [6.45, 7) is 2.37. The van der Waals surface area contributed by atoms with Crippen molar-refractivity contribution in [1.82, 2.24) is 9.88 Å². The van der Waals surface area contributed by atoms with E-state index in [2.05, 4.69) is 34.1 Å². The Kier molecular flexibility index (Phi) is 4.46. The molecule has 4 rings (SSSR count). The van der Waals surface area contributed by atoms with Gasteiger partial charge < -0.3 is 10.5 Å². The van der Waals surface area contributed by atoms with Crippen molar-refractivity contribution >= 4 is 0 Å². The number of rotatable bonds is 5. The Bertz CT molecular complexity index is 836. The van der Waals surface area contributed by atoms with E-state index in [0.29, 0.717) is 6.54 Å². The summed E-state index contributed by atoms with van der Waals surface area (Å²) in [7, 11) is 0. The third kappa shape index (κ3) is 3.40. The van der Waals surface area contributed by atoms with Crippen LogP contribution in [0.1, 0.15) is 22.7 Å². The first kappa shape index (κ1) is 15.8. The van der Waals surface area contributed by atoms with Gasteiger partial charge in [0.05, 0.1) is 0 Å². The molecule has 1 unspecified atom stereocenters. The van der Waals surface area contributed by atoms with Crippen LogP contribution < -0.4 is 10.5 Å². The number of nitrogens with zero attached hydrogens (tertiary/aromatic N) is 2. The van der Waals surface area contributed by atoms with Gasteiger partial charge in [-0.1, -0.05) is 24.3 Å². The average Bonchev–Trinajstić information content (AvgIpc) is 2.99. The van der Waals surface area contributed by atoms with Crippen LogP contribution in [0.15, 0.2) is 73.1 Å². The van der Waals surface area contributed by atoms with Gasteiger partial charge in [0.15, 0.2) is 0 Å². The lowest BCUT2D eigenvalue weighted by Crippen LogP contribution is -2.27. The van der Waals surface area contributed by atoms with Gasteiger partial charge >= 0.3 is 0 Å². The summed E-state index contributed by atoms with van der Waals surface area (Å²) in [5.74, 6) is 1.70. The Morgan fingerprint density at radius 1 is 1.00 bits per heavy atom. The second-order valence-electron chi connectivity index (χ2n) is 6.29. The Labute approximate surface area is 147 Å². The third-order valence-corrected chi connectivity index (χ3v) is 4.63. The number of para-hydroxylation sites is 1. The van der Waals surface area contributed by atoms with E-state index in [9.17, 15) is 0 Å². The van der Waals surface area contributed by atoms with E-state index in [-0.39, 0.29) is 6.04 Å². The van der Waals surface area contributed by atoms with Gasteiger partial charge in [0.2, 0.25) is 0 Å². The minimum absolute atomic E-state index is 0.211. The second kappa shape index (κ2) is 7.05. The monoisotopic (exact) mass is 331 g/mol. The van der Waals surface area contributed by atoms with Crippen molar-refractivity contribution in [3.8, 4) is 11.5 Å². The zero-order chi connectivity index (χ0) is 17.1. The first-order valence-corrected chi connectivity index (χ1v) is 8.52. The molecule has 1 aliphatic heterocycles. The molecule has 0 bridgehead atoms. The zero-order valence-corrected chi connectivity index (χ0v) is 14.0. The van der Waals surface area contributed by atoms with Crippen molar-refractivity contribution in [3.05, 3.63) is 89.7 Å². The Morgan fingerprint density at radius 2 is 1.80 bits per heavy atom. The van der Waals surface area contributed by atoms with Crippen LogP contribution in [0.25, 0.3) is 0 Å². The predicted molar refractivity (Wildman–Crippen MR) is 98.2 cm³/mol. The Morgan fingerprint density at radius 3 is 2.56 bits per heavy atom. The maximum Gasteiger partial charge on any atom is 0.127 e. The fourth-order valence-corrected chi connectivity index (χ4v) is 3.41. The molecule has 0 spiro atoms. The smallest absolute Gasteiger partial charge is 0.127 e. The van der Waals surface area contributed by atoms with E-state index in [1.54, 1.807) is 0 Å². The number of aromatic nitrogens is 1. The number of ether oxygens (including phenoxy) is 1. The van der Waals surface area contributed by atoms with Crippen LogP contribution >= 0.6 is 0 Å². The molecule has 2 aromatic carbocycles. The van der Waals surface area contributed by atoms with Crippen molar-refractivity contribution in [2.75, 3.05) is 6.54 Å². The highest BCUT2D eigenvalue weighted by atomic mass is 16.5. The molecule has 126 valence electrons. The lowest BCUT2D eigenvalue weighted by molar-refractivity contribution is 0.211. The van der Waals surface area contributed by atoms with E-state index in [1.807, 2.05) is 48.8 Å². The molecule has 0 saturated heterocycles. The third-order valence-electron chi connectivity index (χ3n) is 4.63. The van der Waals surface area contributed by atoms with Crippen LogP contribution in [-0.4, -0.2) is 16.4 Å². The Balaban J connectivity index is 1.56. The second-order valence-corrected chi connectivity index (χ2v) is 6.29. The van der Waals surface area contributed by atoms with E-state index < -0.39 is 0 Å². The lowest BCUT2D eigenvalue weighted by atomic mass is 10.0. The summed E-state index contributed by atoms with van der Waals surface area (Å²) < 4.78 is 5.98. The maximum atomic E-state index is 6.10. The fourth-order valence-electron chi connectivity index (χ4n) is 3.41. The minimum Gasteiger partial charge on any atom is -0.457 e. The molecule has 2 heterocycles. The molecule has 1 aliphatic rings. The molecule has 0 aliphatic carbocycles. The summed E-state index contributed by atoms with van der Waals surface area (Å²) in [6.07, 6.45) is 3.67. The molecule has 1 aromatic heterocycles. The standard InChI is InChI=1S/C21H21N3O/c22-13-21-20-12-19(25-18-4-2-1-3-5-18)7-6-17(20)15-24(21)14-16-8-10-23-11-9-16/h1-12,21H,13-15,22H2. The normalized spacial score (nSPS) is 16.6. The SMILES string of the molecule is NCC1c2cc(Oc3ccccc3)ccc2CN1Cc1ccncc1. The summed E-state index contributed by atoms with van der Waals surface area (Å²) in [6, 6.07) is 20.5. The van der Waals surface area contributed by atoms with Crippen molar-refractivity contribution in [1.29, 1.82) is 0 Å². The lowest BCUT2D eigenvalue weighted by Gasteiger charge is -2.23. The van der Waals surface area contributed by atoms with Crippen molar-refractivity contribution in [2.45, 2.75) is 19.1 Å². The van der Waals surface area contributed by atoms with Gasteiger partial charge in [0.25, 0.3) is 0 Å². The first-order chi connectivity index (χ1) is 12.3. The van der Waals surface area contributed by atoms with Crippen molar-refractivity contribution in [3.63, 3.8) is 0 Å². The minimum atomic E-state index is 0.211. The van der Waals surface area contributed by atoms with Gasteiger partial charge in [0.1, 0.15) is 11.5 Å². The molecule has 3 aromatic rings. The van der Waals surface area contributed by atoms with Crippen LogP contribution in [0.5, 0.6) is 11.5 Å². The number of hydrogen-bond acceptors (Lipinski definition) is 4. The molecule has 0 radical (unpaired) electrons. The summed E-state index contributed by atoms with van der Waals surface area (Å²) in [4.78, 5) is 6.50. The van der Waals surface area contributed by atoms with E-state index >= 15 is 0 Å². The van der Waals surface area contributed by atoms with Crippen molar-refractivity contribution < 1.29 is 4.74 Å². The first-order valence-electron chi connectivity index (χ1n) is 8.52. The molecule has 4 heteroatoms. The van der Waals surface area contributed by atoms with Gasteiger partial charge in [-0.05, 0) is 53.1 Å². The summed E-state index contributed by atoms with van der Waals surface area (Å²) in [5, 5.41) is 0. The topological polar surface area (TPSA) is 51.4 Å². The van der Waals surface area contributed by atoms with Gasteiger partial charge in [-0.2, -0.15) is 0 Å². The summed E-state index contributed by atoms with van der Waals surface area (Å²) in [5.41, 5.74) is 9.94. The maximum absolute atomic E-state index is 6.10. The van der Waals surface area contributed by atoms with Crippen LogP contribution in [-0.2, 0) is 13.1 Å². The highest BCUT2D eigenvalue weighted by molar-refractivity contribution is 5.42. The predicted octanol–water partition coefficient (Wildman–Crippen LogP) is 3.89. The molecule has 1 atom stereocenters. The van der Waals surface area contributed by atoms with E-state index in [4.69, 9.17) is 10.5 Å². The molecular formula is C21H21N3O.